The maximum Gasteiger partial charge on any atom is 0.216 e. The highest BCUT2D eigenvalue weighted by atomic mass is 35.5. The van der Waals surface area contributed by atoms with Crippen LogP contribution >= 0.6 is 12.4 Å². The van der Waals surface area contributed by atoms with Gasteiger partial charge in [-0.15, -0.1) is 12.4 Å². The van der Waals surface area contributed by atoms with Crippen molar-refractivity contribution in [2.75, 3.05) is 6.54 Å². The smallest absolute Gasteiger partial charge is 0.216 e. The van der Waals surface area contributed by atoms with Gasteiger partial charge in [0.05, 0.1) is 5.75 Å². The maximum absolute atomic E-state index is 13.4. The second-order valence-corrected chi connectivity index (χ2v) is 6.30. The Balaban J connectivity index is 0.00000361. The van der Waals surface area contributed by atoms with Gasteiger partial charge in [0.2, 0.25) is 10.0 Å². The number of rotatable bonds is 8. The number of sulfonamides is 1. The lowest BCUT2D eigenvalue weighted by Gasteiger charge is -2.16. The van der Waals surface area contributed by atoms with E-state index in [4.69, 9.17) is 5.73 Å². The van der Waals surface area contributed by atoms with Crippen molar-refractivity contribution in [3.05, 3.63) is 35.6 Å². The molecule has 116 valence electrons. The fourth-order valence-corrected chi connectivity index (χ4v) is 3.24. The Morgan fingerprint density at radius 2 is 2.00 bits per heavy atom. The van der Waals surface area contributed by atoms with Crippen LogP contribution in [0.5, 0.6) is 0 Å². The zero-order valence-electron chi connectivity index (χ0n) is 11.5. The number of hydrogen-bond donors (Lipinski definition) is 2. The summed E-state index contributed by atoms with van der Waals surface area (Å²) in [5.41, 5.74) is 5.71. The molecule has 0 aliphatic carbocycles. The van der Waals surface area contributed by atoms with Gasteiger partial charge in [-0.3, -0.25) is 0 Å². The minimum Gasteiger partial charge on any atom is -0.329 e. The Morgan fingerprint density at radius 3 is 2.55 bits per heavy atom. The average molecular weight is 325 g/mol. The predicted octanol–water partition coefficient (Wildman–Crippen LogP) is 2.18. The van der Waals surface area contributed by atoms with Crippen LogP contribution < -0.4 is 10.5 Å². The second-order valence-electron chi connectivity index (χ2n) is 4.54. The number of benzene rings is 1. The van der Waals surface area contributed by atoms with Crippen molar-refractivity contribution in [1.82, 2.24) is 4.72 Å². The van der Waals surface area contributed by atoms with Crippen LogP contribution in [0, 0.1) is 5.82 Å². The third kappa shape index (κ3) is 6.65. The van der Waals surface area contributed by atoms with Gasteiger partial charge in [-0.25, -0.2) is 17.5 Å². The van der Waals surface area contributed by atoms with E-state index in [0.29, 0.717) is 6.42 Å². The van der Waals surface area contributed by atoms with Gasteiger partial charge in [-0.2, -0.15) is 0 Å². The van der Waals surface area contributed by atoms with Gasteiger partial charge >= 0.3 is 0 Å². The lowest BCUT2D eigenvalue weighted by Crippen LogP contribution is -2.40. The van der Waals surface area contributed by atoms with Crippen LogP contribution in [0.3, 0.4) is 0 Å². The molecule has 0 aromatic heterocycles. The molecular formula is C13H22ClFN2O2S. The van der Waals surface area contributed by atoms with E-state index in [-0.39, 0.29) is 36.3 Å². The molecular weight excluding hydrogens is 303 g/mol. The summed E-state index contributed by atoms with van der Waals surface area (Å²) >= 11 is 0. The van der Waals surface area contributed by atoms with E-state index >= 15 is 0 Å². The number of nitrogens with one attached hydrogen (secondary N) is 1. The van der Waals surface area contributed by atoms with Gasteiger partial charge in [0.1, 0.15) is 5.82 Å². The van der Waals surface area contributed by atoms with Crippen molar-refractivity contribution in [3.8, 4) is 0 Å². The summed E-state index contributed by atoms with van der Waals surface area (Å²) in [7, 11) is -3.57. The predicted molar refractivity (Wildman–Crippen MR) is 81.8 cm³/mol. The molecule has 0 radical (unpaired) electrons. The van der Waals surface area contributed by atoms with Crippen molar-refractivity contribution in [2.45, 2.75) is 38.0 Å². The molecule has 0 spiro atoms. The first-order chi connectivity index (χ1) is 8.98. The number of unbranched alkanes of at least 4 members (excludes halogenated alkanes) is 1. The summed E-state index contributed by atoms with van der Waals surface area (Å²) in [5.74, 6) is -0.867. The van der Waals surface area contributed by atoms with Crippen molar-refractivity contribution in [3.63, 3.8) is 0 Å². The Morgan fingerprint density at radius 1 is 1.35 bits per heavy atom. The van der Waals surface area contributed by atoms with E-state index in [1.807, 2.05) is 6.92 Å². The van der Waals surface area contributed by atoms with Gasteiger partial charge in [0, 0.05) is 18.2 Å². The number of hydrogen-bond acceptors (Lipinski definition) is 3. The van der Waals surface area contributed by atoms with E-state index in [2.05, 4.69) is 4.72 Å². The van der Waals surface area contributed by atoms with Crippen LogP contribution in [0.2, 0.25) is 0 Å². The van der Waals surface area contributed by atoms with Crippen LogP contribution in [0.15, 0.2) is 24.3 Å². The summed E-state index contributed by atoms with van der Waals surface area (Å²) in [6, 6.07) is 5.59. The fraction of sp³-hybridized carbons (Fsp3) is 0.538. The minimum absolute atomic E-state index is 0. The van der Waals surface area contributed by atoms with Crippen molar-refractivity contribution in [2.24, 2.45) is 5.73 Å². The molecule has 4 nitrogen and oxygen atoms in total. The van der Waals surface area contributed by atoms with E-state index in [1.165, 1.54) is 18.2 Å². The SMILES string of the molecule is CCCCC(CN)NS(=O)(=O)Cc1ccccc1F.Cl. The summed E-state index contributed by atoms with van der Waals surface area (Å²) in [5, 5.41) is 0. The van der Waals surface area contributed by atoms with Gasteiger partial charge in [-0.1, -0.05) is 38.0 Å². The van der Waals surface area contributed by atoms with E-state index < -0.39 is 15.8 Å². The molecule has 1 aromatic carbocycles. The molecule has 1 rings (SSSR count). The standard InChI is InChI=1S/C13H21FN2O2S.ClH/c1-2-3-7-12(9-15)16-19(17,18)10-11-6-4-5-8-13(11)14;/h4-6,8,12,16H,2-3,7,9-10,15H2,1H3;1H. The molecule has 0 saturated heterocycles. The van der Waals surface area contributed by atoms with E-state index in [0.717, 1.165) is 12.8 Å². The summed E-state index contributed by atoms with van der Waals surface area (Å²) in [6.07, 6.45) is 2.58. The van der Waals surface area contributed by atoms with Gasteiger partial charge in [0.25, 0.3) is 0 Å². The topological polar surface area (TPSA) is 72.2 Å². The van der Waals surface area contributed by atoms with Crippen LogP contribution in [-0.2, 0) is 15.8 Å². The summed E-state index contributed by atoms with van der Waals surface area (Å²) in [6.45, 7) is 2.28. The lowest BCUT2D eigenvalue weighted by atomic mass is 10.1. The third-order valence-corrected chi connectivity index (χ3v) is 4.22. The quantitative estimate of drug-likeness (QED) is 0.770. The largest absolute Gasteiger partial charge is 0.329 e. The lowest BCUT2D eigenvalue weighted by molar-refractivity contribution is 0.514. The van der Waals surface area contributed by atoms with E-state index in [1.54, 1.807) is 6.07 Å². The maximum atomic E-state index is 13.4. The fourth-order valence-electron chi connectivity index (χ4n) is 1.79. The van der Waals surface area contributed by atoms with Crippen LogP contribution in [0.4, 0.5) is 4.39 Å². The zero-order valence-corrected chi connectivity index (χ0v) is 13.1. The molecule has 1 aromatic rings. The molecule has 0 bridgehead atoms. The molecule has 0 fully saturated rings. The van der Waals surface area contributed by atoms with Gasteiger partial charge in [-0.05, 0) is 12.5 Å². The Labute approximate surface area is 126 Å². The molecule has 7 heteroatoms. The van der Waals surface area contributed by atoms with Crippen molar-refractivity contribution >= 4 is 22.4 Å². The third-order valence-electron chi connectivity index (χ3n) is 2.84. The Bertz CT molecular complexity index is 497. The molecule has 0 aliphatic heterocycles. The zero-order chi connectivity index (χ0) is 14.3. The molecule has 1 unspecified atom stereocenters. The minimum atomic E-state index is -3.57. The van der Waals surface area contributed by atoms with Crippen LogP contribution in [-0.4, -0.2) is 21.0 Å². The molecule has 1 atom stereocenters. The van der Waals surface area contributed by atoms with Crippen LogP contribution in [0.1, 0.15) is 31.7 Å². The molecule has 0 saturated carbocycles. The van der Waals surface area contributed by atoms with E-state index in [9.17, 15) is 12.8 Å². The molecule has 0 amide bonds. The van der Waals surface area contributed by atoms with Crippen molar-refractivity contribution in [1.29, 1.82) is 0 Å². The monoisotopic (exact) mass is 324 g/mol. The van der Waals surface area contributed by atoms with Gasteiger partial charge < -0.3 is 5.73 Å². The highest BCUT2D eigenvalue weighted by molar-refractivity contribution is 7.88. The highest BCUT2D eigenvalue weighted by Crippen LogP contribution is 2.11. The summed E-state index contributed by atoms with van der Waals surface area (Å²) in [4.78, 5) is 0. The average Bonchev–Trinajstić information content (AvgIpc) is 2.37. The van der Waals surface area contributed by atoms with Gasteiger partial charge in [0.15, 0.2) is 0 Å². The first-order valence-electron chi connectivity index (χ1n) is 6.42. The van der Waals surface area contributed by atoms with Crippen LogP contribution in [0.25, 0.3) is 0 Å². The Hall–Kier alpha value is -0.690. The van der Waals surface area contributed by atoms with Crippen molar-refractivity contribution < 1.29 is 12.8 Å². The summed E-state index contributed by atoms with van der Waals surface area (Å²) < 4.78 is 39.9. The number of halogens is 2. The second kappa shape index (κ2) is 9.28. The molecule has 3 N–H and O–H groups in total. The highest BCUT2D eigenvalue weighted by Gasteiger charge is 2.18. The molecule has 0 aliphatic rings. The number of nitrogens with two attached hydrogens (primary N) is 1. The normalized spacial score (nSPS) is 12.8. The first-order valence-corrected chi connectivity index (χ1v) is 8.07. The molecule has 20 heavy (non-hydrogen) atoms. The Kier molecular flexibility index (Phi) is 8.96. The first kappa shape index (κ1) is 19.3. The molecule has 0 heterocycles.